The van der Waals surface area contributed by atoms with Crippen molar-refractivity contribution in [2.45, 2.75) is 6.10 Å². The number of hydrogen-bond donors (Lipinski definition) is 2. The van der Waals surface area contributed by atoms with E-state index in [1.165, 1.54) is 12.4 Å². The molecule has 0 aromatic carbocycles. The molecule has 0 spiro atoms. The van der Waals surface area contributed by atoms with Gasteiger partial charge >= 0.3 is 0 Å². The van der Waals surface area contributed by atoms with Crippen LogP contribution in [-0.2, 0) is 0 Å². The van der Waals surface area contributed by atoms with Crippen molar-refractivity contribution in [3.8, 4) is 10.7 Å². The molecule has 3 heterocycles. The van der Waals surface area contributed by atoms with E-state index in [1.54, 1.807) is 16.2 Å². The van der Waals surface area contributed by atoms with E-state index in [-0.39, 0.29) is 19.1 Å². The Balaban J connectivity index is 1.69. The normalized spacial score (nSPS) is 19.2. The van der Waals surface area contributed by atoms with Crippen molar-refractivity contribution >= 4 is 17.2 Å². The number of hydrogen-bond acceptors (Lipinski definition) is 7. The summed E-state index contributed by atoms with van der Waals surface area (Å²) < 4.78 is 0. The van der Waals surface area contributed by atoms with E-state index < -0.39 is 6.10 Å². The summed E-state index contributed by atoms with van der Waals surface area (Å²) in [7, 11) is 0. The van der Waals surface area contributed by atoms with Gasteiger partial charge in [0.2, 0.25) is 0 Å². The van der Waals surface area contributed by atoms with Gasteiger partial charge in [-0.05, 0) is 11.4 Å². The van der Waals surface area contributed by atoms with Crippen molar-refractivity contribution in [3.05, 3.63) is 35.5 Å². The fraction of sp³-hybridized carbons (Fsp3) is 0.438. The first-order valence-corrected chi connectivity index (χ1v) is 8.72. The third-order valence-electron chi connectivity index (χ3n) is 3.93. The Labute approximate surface area is 144 Å². The number of aromatic nitrogens is 2. The van der Waals surface area contributed by atoms with Crippen LogP contribution < -0.4 is 0 Å². The maximum absolute atomic E-state index is 12.6. The lowest BCUT2D eigenvalue weighted by Crippen LogP contribution is -2.37. The zero-order valence-corrected chi connectivity index (χ0v) is 14.0. The molecule has 2 aromatic rings. The van der Waals surface area contributed by atoms with Crippen LogP contribution in [0.5, 0.6) is 0 Å². The van der Waals surface area contributed by atoms with Crippen LogP contribution >= 0.6 is 11.3 Å². The van der Waals surface area contributed by atoms with Crippen LogP contribution in [0.1, 0.15) is 10.4 Å². The molecule has 0 radical (unpaired) electrons. The predicted octanol–water partition coefficient (Wildman–Crippen LogP) is 0.316. The van der Waals surface area contributed by atoms with Crippen LogP contribution in [0.3, 0.4) is 0 Å². The number of rotatable bonds is 4. The van der Waals surface area contributed by atoms with E-state index in [0.717, 1.165) is 4.88 Å². The van der Waals surface area contributed by atoms with E-state index in [1.807, 2.05) is 22.4 Å². The summed E-state index contributed by atoms with van der Waals surface area (Å²) in [5, 5.41) is 21.1. The molecule has 0 saturated carbocycles. The number of aliphatic hydroxyl groups is 2. The van der Waals surface area contributed by atoms with Gasteiger partial charge in [-0.15, -0.1) is 11.3 Å². The molecule has 8 heteroatoms. The minimum Gasteiger partial charge on any atom is -0.395 e. The second kappa shape index (κ2) is 7.80. The molecule has 24 heavy (non-hydrogen) atoms. The van der Waals surface area contributed by atoms with Crippen LogP contribution in [0.25, 0.3) is 10.7 Å². The van der Waals surface area contributed by atoms with Gasteiger partial charge in [0.05, 0.1) is 23.2 Å². The minimum atomic E-state index is -0.630. The summed E-state index contributed by atoms with van der Waals surface area (Å²) >= 11 is 1.55. The van der Waals surface area contributed by atoms with Gasteiger partial charge in [-0.25, -0.2) is 9.97 Å². The maximum atomic E-state index is 12.6. The lowest BCUT2D eigenvalue weighted by molar-refractivity contribution is 0.0660. The van der Waals surface area contributed by atoms with Gasteiger partial charge < -0.3 is 15.1 Å². The first kappa shape index (κ1) is 17.0. The van der Waals surface area contributed by atoms with Crippen LogP contribution in [-0.4, -0.2) is 81.3 Å². The average Bonchev–Trinajstić information content (AvgIpc) is 3.06. The summed E-state index contributed by atoms with van der Waals surface area (Å²) in [4.78, 5) is 25.7. The summed E-state index contributed by atoms with van der Waals surface area (Å²) in [6.07, 6.45) is 2.44. The SMILES string of the molecule is O=C(c1cnc(-c2cccs2)nc1)N1CCN(CCO)C[C@@H](O)C1. The minimum absolute atomic E-state index is 0.0404. The third-order valence-corrected chi connectivity index (χ3v) is 4.80. The lowest BCUT2D eigenvalue weighted by Gasteiger charge is -2.21. The number of aliphatic hydroxyl groups excluding tert-OH is 2. The van der Waals surface area contributed by atoms with Gasteiger partial charge in [0.15, 0.2) is 5.82 Å². The molecule has 1 aliphatic rings. The number of carbonyl (C=O) groups is 1. The molecule has 128 valence electrons. The smallest absolute Gasteiger partial charge is 0.257 e. The highest BCUT2D eigenvalue weighted by Crippen LogP contribution is 2.20. The molecule has 1 fully saturated rings. The highest BCUT2D eigenvalue weighted by molar-refractivity contribution is 7.13. The molecule has 1 aliphatic heterocycles. The molecule has 7 nitrogen and oxygen atoms in total. The average molecular weight is 348 g/mol. The van der Waals surface area contributed by atoms with Gasteiger partial charge in [-0.1, -0.05) is 6.07 Å². The Bertz CT molecular complexity index is 662. The van der Waals surface area contributed by atoms with Crippen molar-refractivity contribution in [1.29, 1.82) is 0 Å². The summed E-state index contributed by atoms with van der Waals surface area (Å²) in [6, 6.07) is 3.86. The Kier molecular flexibility index (Phi) is 5.52. The van der Waals surface area contributed by atoms with Crippen LogP contribution in [0.15, 0.2) is 29.9 Å². The van der Waals surface area contributed by atoms with Crippen molar-refractivity contribution < 1.29 is 15.0 Å². The van der Waals surface area contributed by atoms with E-state index in [2.05, 4.69) is 9.97 Å². The van der Waals surface area contributed by atoms with Gasteiger partial charge in [-0.3, -0.25) is 9.69 Å². The maximum Gasteiger partial charge on any atom is 0.257 e. The predicted molar refractivity (Wildman–Crippen MR) is 90.8 cm³/mol. The molecule has 2 N–H and O–H groups in total. The Morgan fingerprint density at radius 3 is 2.75 bits per heavy atom. The largest absolute Gasteiger partial charge is 0.395 e. The number of thiophene rings is 1. The Morgan fingerprint density at radius 2 is 2.08 bits per heavy atom. The fourth-order valence-corrected chi connectivity index (χ4v) is 3.41. The summed E-state index contributed by atoms with van der Waals surface area (Å²) in [5.41, 5.74) is 0.415. The number of β-amino-alcohol motifs (C(OH)–C–C–N with tert-alkyl or cyclic N) is 2. The third kappa shape index (κ3) is 3.96. The van der Waals surface area contributed by atoms with E-state index in [9.17, 15) is 9.90 Å². The molecular weight excluding hydrogens is 328 g/mol. The molecule has 0 bridgehead atoms. The quantitative estimate of drug-likeness (QED) is 0.827. The number of amides is 1. The first-order chi connectivity index (χ1) is 11.7. The van der Waals surface area contributed by atoms with Crippen LogP contribution in [0, 0.1) is 0 Å². The van der Waals surface area contributed by atoms with E-state index in [4.69, 9.17) is 5.11 Å². The molecule has 3 rings (SSSR count). The number of carbonyl (C=O) groups excluding carboxylic acids is 1. The fourth-order valence-electron chi connectivity index (χ4n) is 2.74. The topological polar surface area (TPSA) is 89.8 Å². The second-order valence-corrected chi connectivity index (χ2v) is 6.65. The van der Waals surface area contributed by atoms with Crippen molar-refractivity contribution in [3.63, 3.8) is 0 Å². The molecule has 2 aromatic heterocycles. The zero-order chi connectivity index (χ0) is 16.9. The zero-order valence-electron chi connectivity index (χ0n) is 13.2. The molecule has 0 aliphatic carbocycles. The van der Waals surface area contributed by atoms with Gasteiger partial charge in [-0.2, -0.15) is 0 Å². The van der Waals surface area contributed by atoms with E-state index >= 15 is 0 Å². The van der Waals surface area contributed by atoms with Crippen molar-refractivity contribution in [2.75, 3.05) is 39.3 Å². The van der Waals surface area contributed by atoms with Gasteiger partial charge in [0.1, 0.15) is 0 Å². The Hall–Kier alpha value is -1.87. The number of nitrogens with zero attached hydrogens (tertiary/aromatic N) is 4. The standard InChI is InChI=1S/C16H20N4O3S/c21-6-5-19-3-4-20(11-13(22)10-19)16(23)12-8-17-15(18-9-12)14-2-1-7-24-14/h1-2,7-9,13,21-22H,3-6,10-11H2/t13-/m1/s1. The summed E-state index contributed by atoms with van der Waals surface area (Å²) in [5.74, 6) is 0.421. The van der Waals surface area contributed by atoms with Crippen LogP contribution in [0.4, 0.5) is 0 Å². The van der Waals surface area contributed by atoms with Crippen molar-refractivity contribution in [2.24, 2.45) is 0 Å². The molecule has 1 atom stereocenters. The first-order valence-electron chi connectivity index (χ1n) is 7.84. The monoisotopic (exact) mass is 348 g/mol. The van der Waals surface area contributed by atoms with Gasteiger partial charge in [0, 0.05) is 45.1 Å². The molecule has 1 saturated heterocycles. The molecule has 1 amide bonds. The second-order valence-electron chi connectivity index (χ2n) is 5.70. The van der Waals surface area contributed by atoms with Gasteiger partial charge in [0.25, 0.3) is 5.91 Å². The Morgan fingerprint density at radius 1 is 1.29 bits per heavy atom. The van der Waals surface area contributed by atoms with E-state index in [0.29, 0.717) is 37.6 Å². The molecular formula is C16H20N4O3S. The molecule has 0 unspecified atom stereocenters. The highest BCUT2D eigenvalue weighted by Gasteiger charge is 2.25. The summed E-state index contributed by atoms with van der Waals surface area (Å²) in [6.45, 7) is 2.39. The lowest BCUT2D eigenvalue weighted by atomic mass is 10.2. The van der Waals surface area contributed by atoms with Crippen LogP contribution in [0.2, 0.25) is 0 Å². The van der Waals surface area contributed by atoms with Crippen molar-refractivity contribution in [1.82, 2.24) is 19.8 Å². The highest BCUT2D eigenvalue weighted by atomic mass is 32.1.